The molecule has 0 spiro atoms. The molecule has 1 aliphatic rings. The zero-order chi connectivity index (χ0) is 34.8. The normalized spacial score (nSPS) is 14.1. The number of hydrogen-bond acceptors (Lipinski definition) is 10. The minimum absolute atomic E-state index is 0.118. The Hall–Kier alpha value is -5.76. The molecule has 3 aromatic carbocycles. The number of halogens is 1. The van der Waals surface area contributed by atoms with Crippen LogP contribution in [0.25, 0.3) is 0 Å². The summed E-state index contributed by atoms with van der Waals surface area (Å²) in [5.41, 5.74) is 4.91. The SMILES string of the molecule is CCOC(=O)C1=C(C)NC(=O)N[C@H]1c1ccc(OCC(=O)N/N=C\c2cc(Cl)c(OCc3ccc(C(=O)O)cc3)c(OC)c2)c(OC)c1. The number of carbonyl (C=O) groups excluding carboxylic acids is 3. The molecule has 1 atom stereocenters. The predicted octanol–water partition coefficient (Wildman–Crippen LogP) is 4.35. The van der Waals surface area contributed by atoms with Crippen molar-refractivity contribution in [1.82, 2.24) is 16.1 Å². The van der Waals surface area contributed by atoms with Crippen molar-refractivity contribution in [2.24, 2.45) is 5.10 Å². The van der Waals surface area contributed by atoms with Crippen LogP contribution in [0.15, 0.2) is 71.0 Å². The Bertz CT molecular complexity index is 1760. The molecule has 0 aliphatic carbocycles. The molecule has 0 radical (unpaired) electrons. The van der Waals surface area contributed by atoms with Crippen LogP contribution in [0.5, 0.6) is 23.0 Å². The molecule has 14 nitrogen and oxygen atoms in total. The second-order valence-corrected chi connectivity index (χ2v) is 10.5. The van der Waals surface area contributed by atoms with Crippen LogP contribution in [-0.2, 0) is 20.9 Å². The second-order valence-electron chi connectivity index (χ2n) is 10.1. The van der Waals surface area contributed by atoms with Gasteiger partial charge in [-0.25, -0.2) is 19.8 Å². The first-order chi connectivity index (χ1) is 23.0. The summed E-state index contributed by atoms with van der Waals surface area (Å²) in [5.74, 6) is -1.07. The highest BCUT2D eigenvalue weighted by Gasteiger charge is 2.32. The number of carbonyl (C=O) groups is 4. The largest absolute Gasteiger partial charge is 0.493 e. The third kappa shape index (κ3) is 8.73. The van der Waals surface area contributed by atoms with Gasteiger partial charge in [-0.05, 0) is 66.9 Å². The number of esters is 1. The van der Waals surface area contributed by atoms with E-state index in [1.807, 2.05) is 0 Å². The number of carboxylic acid groups (broad SMARTS) is 1. The Morgan fingerprint density at radius 1 is 1.00 bits per heavy atom. The number of benzene rings is 3. The van der Waals surface area contributed by atoms with Crippen LogP contribution in [0.4, 0.5) is 4.79 Å². The average molecular weight is 681 g/mol. The highest BCUT2D eigenvalue weighted by Crippen LogP contribution is 2.37. The lowest BCUT2D eigenvalue weighted by atomic mass is 9.95. The van der Waals surface area contributed by atoms with Gasteiger partial charge in [0.05, 0.1) is 49.2 Å². The third-order valence-electron chi connectivity index (χ3n) is 6.88. The van der Waals surface area contributed by atoms with Crippen LogP contribution in [0, 0.1) is 0 Å². The zero-order valence-electron chi connectivity index (χ0n) is 26.4. The molecule has 0 fully saturated rings. The van der Waals surface area contributed by atoms with E-state index >= 15 is 0 Å². The topological polar surface area (TPSA) is 183 Å². The van der Waals surface area contributed by atoms with E-state index in [-0.39, 0.29) is 46.6 Å². The van der Waals surface area contributed by atoms with Gasteiger partial charge in [0.25, 0.3) is 5.91 Å². The molecule has 15 heteroatoms. The van der Waals surface area contributed by atoms with Crippen LogP contribution in [-0.4, -0.2) is 62.6 Å². The average Bonchev–Trinajstić information content (AvgIpc) is 3.06. The summed E-state index contributed by atoms with van der Waals surface area (Å²) in [7, 11) is 2.86. The first-order valence-electron chi connectivity index (χ1n) is 14.4. The van der Waals surface area contributed by atoms with E-state index in [9.17, 15) is 19.2 Å². The maximum absolute atomic E-state index is 12.6. The van der Waals surface area contributed by atoms with Crippen molar-refractivity contribution in [3.8, 4) is 23.0 Å². The number of methoxy groups -OCH3 is 2. The molecule has 48 heavy (non-hydrogen) atoms. The Morgan fingerprint density at radius 3 is 2.40 bits per heavy atom. The molecule has 4 N–H and O–H groups in total. The Balaban J connectivity index is 1.36. The van der Waals surface area contributed by atoms with Gasteiger partial charge in [-0.2, -0.15) is 5.10 Å². The van der Waals surface area contributed by atoms with E-state index in [0.29, 0.717) is 22.6 Å². The molecular formula is C33H33ClN4O10. The predicted molar refractivity (Wildman–Crippen MR) is 174 cm³/mol. The minimum Gasteiger partial charge on any atom is -0.493 e. The molecule has 0 saturated heterocycles. The molecule has 1 aliphatic heterocycles. The first kappa shape index (κ1) is 35.1. The lowest BCUT2D eigenvalue weighted by molar-refractivity contribution is -0.139. The summed E-state index contributed by atoms with van der Waals surface area (Å²) in [6.07, 6.45) is 1.36. The molecular weight excluding hydrogens is 648 g/mol. The summed E-state index contributed by atoms with van der Waals surface area (Å²) >= 11 is 6.43. The zero-order valence-corrected chi connectivity index (χ0v) is 27.2. The molecule has 0 saturated carbocycles. The highest BCUT2D eigenvalue weighted by atomic mass is 35.5. The van der Waals surface area contributed by atoms with Crippen LogP contribution < -0.4 is 35.0 Å². The van der Waals surface area contributed by atoms with Crippen molar-refractivity contribution < 1.29 is 48.0 Å². The van der Waals surface area contributed by atoms with Gasteiger partial charge < -0.3 is 39.4 Å². The van der Waals surface area contributed by atoms with Gasteiger partial charge in [-0.1, -0.05) is 29.8 Å². The molecule has 3 amide bonds. The van der Waals surface area contributed by atoms with Gasteiger partial charge in [0, 0.05) is 5.70 Å². The Morgan fingerprint density at radius 2 is 1.73 bits per heavy atom. The van der Waals surface area contributed by atoms with E-state index in [0.717, 1.165) is 5.56 Å². The van der Waals surface area contributed by atoms with Gasteiger partial charge in [0.2, 0.25) is 0 Å². The molecule has 3 aromatic rings. The van der Waals surface area contributed by atoms with E-state index in [1.54, 1.807) is 56.3 Å². The van der Waals surface area contributed by atoms with Crippen molar-refractivity contribution in [2.45, 2.75) is 26.5 Å². The smallest absolute Gasteiger partial charge is 0.338 e. The fraction of sp³-hybridized carbons (Fsp3) is 0.242. The third-order valence-corrected chi connectivity index (χ3v) is 7.16. The number of rotatable bonds is 14. The number of hydrogen-bond donors (Lipinski definition) is 4. The van der Waals surface area contributed by atoms with Crippen molar-refractivity contribution in [2.75, 3.05) is 27.4 Å². The number of nitrogens with zero attached hydrogens (tertiary/aromatic N) is 1. The number of urea groups is 1. The van der Waals surface area contributed by atoms with Gasteiger partial charge in [-0.15, -0.1) is 0 Å². The molecule has 0 aromatic heterocycles. The summed E-state index contributed by atoms with van der Waals surface area (Å²) in [4.78, 5) is 48.3. The molecule has 1 heterocycles. The number of carboxylic acids is 1. The lowest BCUT2D eigenvalue weighted by Crippen LogP contribution is -2.45. The monoisotopic (exact) mass is 680 g/mol. The minimum atomic E-state index is -1.02. The van der Waals surface area contributed by atoms with Gasteiger partial charge >= 0.3 is 18.0 Å². The van der Waals surface area contributed by atoms with Crippen LogP contribution in [0.3, 0.4) is 0 Å². The number of amides is 3. The van der Waals surface area contributed by atoms with Gasteiger partial charge in [0.1, 0.15) is 6.61 Å². The molecule has 0 unspecified atom stereocenters. The van der Waals surface area contributed by atoms with E-state index in [2.05, 4.69) is 21.2 Å². The number of nitrogens with one attached hydrogen (secondary N) is 3. The lowest BCUT2D eigenvalue weighted by Gasteiger charge is -2.28. The van der Waals surface area contributed by atoms with Crippen molar-refractivity contribution in [1.29, 1.82) is 0 Å². The highest BCUT2D eigenvalue weighted by molar-refractivity contribution is 6.32. The summed E-state index contributed by atoms with van der Waals surface area (Å²) < 4.78 is 27.5. The number of ether oxygens (including phenoxy) is 5. The maximum atomic E-state index is 12.6. The molecule has 252 valence electrons. The molecule has 4 rings (SSSR count). The number of allylic oxidation sites excluding steroid dienone is 1. The Labute approximate surface area is 280 Å². The quantitative estimate of drug-likeness (QED) is 0.108. The fourth-order valence-electron chi connectivity index (χ4n) is 4.61. The number of aromatic carboxylic acids is 1. The standard InChI is InChI=1S/C33H33ClN4O10/c1-5-46-32(42)28-18(2)36-33(43)37-29(28)22-10-11-24(25(14-22)44-3)47-17-27(39)38-35-15-20-12-23(34)30(26(13-20)45-4)48-16-19-6-8-21(9-7-19)31(40)41/h6-15,29H,5,16-17H2,1-4H3,(H,38,39)(H,40,41)(H2,36,37,43)/b35-15-/t29-/m0/s1. The maximum Gasteiger partial charge on any atom is 0.338 e. The summed E-state index contributed by atoms with van der Waals surface area (Å²) in [6, 6.07) is 12.9. The summed E-state index contributed by atoms with van der Waals surface area (Å²) in [5, 5.41) is 18.5. The first-order valence-corrected chi connectivity index (χ1v) is 14.8. The van der Waals surface area contributed by atoms with Crippen LogP contribution in [0.2, 0.25) is 5.02 Å². The molecule has 0 bridgehead atoms. The van der Waals surface area contributed by atoms with Crippen LogP contribution in [0.1, 0.15) is 46.9 Å². The Kier molecular flexibility index (Phi) is 11.8. The summed E-state index contributed by atoms with van der Waals surface area (Å²) in [6.45, 7) is 3.17. The van der Waals surface area contributed by atoms with Crippen molar-refractivity contribution >= 4 is 41.7 Å². The fourth-order valence-corrected chi connectivity index (χ4v) is 4.89. The van der Waals surface area contributed by atoms with E-state index in [4.69, 9.17) is 40.4 Å². The van der Waals surface area contributed by atoms with Crippen LogP contribution >= 0.6 is 11.6 Å². The number of hydrazone groups is 1. The van der Waals surface area contributed by atoms with Gasteiger partial charge in [0.15, 0.2) is 29.6 Å². The van der Waals surface area contributed by atoms with Gasteiger partial charge in [-0.3, -0.25) is 4.79 Å². The van der Waals surface area contributed by atoms with Crippen molar-refractivity contribution in [3.63, 3.8) is 0 Å². The van der Waals surface area contributed by atoms with Crippen molar-refractivity contribution in [3.05, 3.63) is 93.1 Å². The van der Waals surface area contributed by atoms with E-state index < -0.39 is 36.5 Å². The van der Waals surface area contributed by atoms with E-state index in [1.165, 1.54) is 32.6 Å². The second kappa shape index (κ2) is 16.2.